The van der Waals surface area contributed by atoms with Crippen LogP contribution in [0.3, 0.4) is 0 Å². The number of aliphatic hydroxyl groups is 1. The first-order valence-corrected chi connectivity index (χ1v) is 9.32. The molecule has 26 heavy (non-hydrogen) atoms. The van der Waals surface area contributed by atoms with Gasteiger partial charge in [0, 0.05) is 23.5 Å². The van der Waals surface area contributed by atoms with Crippen molar-refractivity contribution in [1.82, 2.24) is 15.0 Å². The zero-order chi connectivity index (χ0) is 17.5. The highest BCUT2D eigenvalue weighted by atomic mass is 32.1. The van der Waals surface area contributed by atoms with Crippen LogP contribution in [0.15, 0.2) is 40.2 Å². The Balaban J connectivity index is 1.40. The van der Waals surface area contributed by atoms with Gasteiger partial charge in [-0.2, -0.15) is 4.98 Å². The Hall–Kier alpha value is -2.42. The lowest BCUT2D eigenvalue weighted by molar-refractivity contribution is 0.170. The summed E-state index contributed by atoms with van der Waals surface area (Å²) in [5.74, 6) is 2.45. The zero-order valence-corrected chi connectivity index (χ0v) is 14.7. The van der Waals surface area contributed by atoms with Gasteiger partial charge in [-0.25, -0.2) is 0 Å². The number of aliphatic hydroxyl groups excluding tert-OH is 1. The van der Waals surface area contributed by atoms with Crippen LogP contribution in [0, 0.1) is 0 Å². The number of nitrogens with zero attached hydrogens (tertiary/aromatic N) is 3. The number of β-amino-alcohol motifs (C(OH)–C–C–N with tert-alkyl or cyclic N) is 1. The molecule has 1 N–H and O–H groups in total. The molecular weight excluding hydrogens is 354 g/mol. The average molecular weight is 371 g/mol. The number of hydrogen-bond donors (Lipinski definition) is 1. The van der Waals surface area contributed by atoms with E-state index in [9.17, 15) is 5.11 Å². The molecule has 0 radical (unpaired) electrons. The van der Waals surface area contributed by atoms with E-state index in [0.717, 1.165) is 17.9 Å². The summed E-state index contributed by atoms with van der Waals surface area (Å²) < 4.78 is 16.3. The fraction of sp³-hybridized carbons (Fsp3) is 0.333. The van der Waals surface area contributed by atoms with Crippen molar-refractivity contribution < 1.29 is 19.1 Å². The number of likely N-dealkylation sites (tertiary alicyclic amines) is 1. The lowest BCUT2D eigenvalue weighted by Gasteiger charge is -2.20. The summed E-state index contributed by atoms with van der Waals surface area (Å²) in [6, 6.07) is 9.63. The Kier molecular flexibility index (Phi) is 3.88. The van der Waals surface area contributed by atoms with Gasteiger partial charge in [-0.1, -0.05) is 11.2 Å². The van der Waals surface area contributed by atoms with Crippen molar-refractivity contribution >= 4 is 11.3 Å². The van der Waals surface area contributed by atoms with E-state index in [-0.39, 0.29) is 18.9 Å². The minimum absolute atomic E-state index is 0.0811. The maximum Gasteiger partial charge on any atom is 0.244 e. The van der Waals surface area contributed by atoms with Crippen molar-refractivity contribution in [2.24, 2.45) is 0 Å². The Bertz CT molecular complexity index is 911. The molecule has 2 atom stereocenters. The van der Waals surface area contributed by atoms with E-state index in [0.29, 0.717) is 30.4 Å². The molecular formula is C18H17N3O4S. The Morgan fingerprint density at radius 1 is 1.23 bits per heavy atom. The summed E-state index contributed by atoms with van der Waals surface area (Å²) in [6.07, 6.45) is 0.203. The van der Waals surface area contributed by atoms with Crippen molar-refractivity contribution in [2.75, 3.05) is 13.3 Å². The number of hydrogen-bond acceptors (Lipinski definition) is 8. The molecule has 4 heterocycles. The lowest BCUT2D eigenvalue weighted by Crippen LogP contribution is -2.24. The number of benzene rings is 1. The van der Waals surface area contributed by atoms with Crippen LogP contribution in [0.2, 0.25) is 0 Å². The highest BCUT2D eigenvalue weighted by Gasteiger charge is 2.36. The first kappa shape index (κ1) is 15.8. The van der Waals surface area contributed by atoms with Crippen molar-refractivity contribution in [2.45, 2.75) is 25.1 Å². The van der Waals surface area contributed by atoms with Gasteiger partial charge in [0.2, 0.25) is 18.5 Å². The van der Waals surface area contributed by atoms with Crippen molar-refractivity contribution in [3.8, 4) is 22.9 Å². The van der Waals surface area contributed by atoms with Crippen LogP contribution in [0.5, 0.6) is 11.5 Å². The molecule has 2 aromatic heterocycles. The molecule has 0 saturated carbocycles. The second-order valence-electron chi connectivity index (χ2n) is 6.44. The summed E-state index contributed by atoms with van der Waals surface area (Å²) in [6.45, 7) is 1.60. The second kappa shape index (κ2) is 6.39. The van der Waals surface area contributed by atoms with Gasteiger partial charge in [0.25, 0.3) is 0 Å². The van der Waals surface area contributed by atoms with E-state index in [1.165, 1.54) is 4.88 Å². The topological polar surface area (TPSA) is 80.9 Å². The van der Waals surface area contributed by atoms with Crippen molar-refractivity contribution in [1.29, 1.82) is 0 Å². The van der Waals surface area contributed by atoms with Crippen LogP contribution in [-0.2, 0) is 6.54 Å². The lowest BCUT2D eigenvalue weighted by atomic mass is 10.2. The molecule has 1 fully saturated rings. The summed E-state index contributed by atoms with van der Waals surface area (Å²) in [7, 11) is 0. The van der Waals surface area contributed by atoms with E-state index < -0.39 is 0 Å². The molecule has 1 saturated heterocycles. The minimum Gasteiger partial charge on any atom is -0.454 e. The van der Waals surface area contributed by atoms with Crippen molar-refractivity contribution in [3.05, 3.63) is 46.5 Å². The summed E-state index contributed by atoms with van der Waals surface area (Å²) >= 11 is 1.71. The maximum atomic E-state index is 10.1. The standard InChI is InChI=1S/C18H17N3O4S/c22-12-7-14(21(8-12)9-13-2-1-5-26-13)18-19-17(20-25-18)11-3-4-15-16(6-11)24-10-23-15/h1-6,12,14,22H,7-10H2. The summed E-state index contributed by atoms with van der Waals surface area (Å²) in [5.41, 5.74) is 0.813. The second-order valence-corrected chi connectivity index (χ2v) is 7.47. The van der Waals surface area contributed by atoms with Crippen LogP contribution in [-0.4, -0.2) is 39.6 Å². The highest BCUT2D eigenvalue weighted by molar-refractivity contribution is 7.09. The third-order valence-electron chi connectivity index (χ3n) is 4.68. The van der Waals surface area contributed by atoms with Gasteiger partial charge in [0.1, 0.15) is 0 Å². The Labute approximate surface area is 153 Å². The summed E-state index contributed by atoms with van der Waals surface area (Å²) in [5, 5.41) is 16.3. The third-order valence-corrected chi connectivity index (χ3v) is 5.54. The SMILES string of the molecule is OC1CC(c2nc(-c3ccc4c(c3)OCO4)no2)N(Cc2cccs2)C1. The highest BCUT2D eigenvalue weighted by Crippen LogP contribution is 2.37. The molecule has 2 aliphatic rings. The molecule has 0 spiro atoms. The van der Waals surface area contributed by atoms with Crippen LogP contribution >= 0.6 is 11.3 Å². The van der Waals surface area contributed by atoms with Crippen molar-refractivity contribution in [3.63, 3.8) is 0 Å². The first-order valence-electron chi connectivity index (χ1n) is 8.44. The van der Waals surface area contributed by atoms with Crippen LogP contribution in [0.4, 0.5) is 0 Å². The molecule has 0 aliphatic carbocycles. The summed E-state index contributed by atoms with van der Waals surface area (Å²) in [4.78, 5) is 8.02. The molecule has 5 rings (SSSR count). The number of aromatic nitrogens is 2. The first-order chi connectivity index (χ1) is 12.8. The quantitative estimate of drug-likeness (QED) is 0.755. The molecule has 2 aliphatic heterocycles. The molecule has 3 aromatic rings. The molecule has 134 valence electrons. The number of thiophene rings is 1. The van der Waals surface area contributed by atoms with E-state index in [2.05, 4.69) is 26.5 Å². The van der Waals surface area contributed by atoms with Gasteiger partial charge in [0.05, 0.1) is 12.1 Å². The van der Waals surface area contributed by atoms with E-state index in [1.807, 2.05) is 24.3 Å². The largest absolute Gasteiger partial charge is 0.454 e. The molecule has 1 aromatic carbocycles. The zero-order valence-electron chi connectivity index (χ0n) is 13.9. The Morgan fingerprint density at radius 3 is 3.04 bits per heavy atom. The number of rotatable bonds is 4. The van der Waals surface area contributed by atoms with E-state index in [1.54, 1.807) is 11.3 Å². The molecule has 2 unspecified atom stereocenters. The minimum atomic E-state index is -0.388. The van der Waals surface area contributed by atoms with Crippen LogP contribution < -0.4 is 9.47 Å². The van der Waals surface area contributed by atoms with Gasteiger partial charge < -0.3 is 19.1 Å². The number of fused-ring (bicyclic) bond motifs is 1. The van der Waals surface area contributed by atoms with Crippen LogP contribution in [0.1, 0.15) is 23.2 Å². The fourth-order valence-corrected chi connectivity index (χ4v) is 4.17. The monoisotopic (exact) mass is 371 g/mol. The smallest absolute Gasteiger partial charge is 0.244 e. The van der Waals surface area contributed by atoms with Gasteiger partial charge >= 0.3 is 0 Å². The van der Waals surface area contributed by atoms with Gasteiger partial charge in [0.15, 0.2) is 11.5 Å². The molecule has 0 bridgehead atoms. The van der Waals surface area contributed by atoms with E-state index >= 15 is 0 Å². The van der Waals surface area contributed by atoms with Gasteiger partial charge in [-0.15, -0.1) is 11.3 Å². The Morgan fingerprint density at radius 2 is 2.15 bits per heavy atom. The predicted octanol–water partition coefficient (Wildman–Crippen LogP) is 2.83. The average Bonchev–Trinajstić information content (AvgIpc) is 3.42. The molecule has 0 amide bonds. The van der Waals surface area contributed by atoms with Gasteiger partial charge in [-0.3, -0.25) is 4.90 Å². The van der Waals surface area contributed by atoms with E-state index in [4.69, 9.17) is 14.0 Å². The molecule has 8 heteroatoms. The van der Waals surface area contributed by atoms with Crippen LogP contribution in [0.25, 0.3) is 11.4 Å². The fourth-order valence-electron chi connectivity index (χ4n) is 3.44. The maximum absolute atomic E-state index is 10.1. The third kappa shape index (κ3) is 2.86. The normalized spacial score (nSPS) is 22.2. The predicted molar refractivity (Wildman–Crippen MR) is 94.0 cm³/mol. The molecule has 7 nitrogen and oxygen atoms in total. The van der Waals surface area contributed by atoms with Gasteiger partial charge in [-0.05, 0) is 36.1 Å². The number of ether oxygens (including phenoxy) is 2.